The molecule has 0 amide bonds. The summed E-state index contributed by atoms with van der Waals surface area (Å²) < 4.78 is 1.77. The van der Waals surface area contributed by atoms with Gasteiger partial charge in [-0.15, -0.1) is 5.10 Å². The van der Waals surface area contributed by atoms with Crippen LogP contribution in [0, 0.1) is 0 Å². The maximum atomic E-state index is 6.03. The summed E-state index contributed by atoms with van der Waals surface area (Å²) in [7, 11) is 0. The standard InChI is InChI=1S/C17H17Cl2N5S/c18-15-8-7-13(11-16(15)19)12-20-9-4-10-25-17-21-22-23-24(17)14-5-2-1-3-6-14/h1-3,5-8,11,20H,4,9-10,12H2/p+1. The van der Waals surface area contributed by atoms with Crippen molar-refractivity contribution in [3.63, 3.8) is 0 Å². The van der Waals surface area contributed by atoms with E-state index in [0.717, 1.165) is 36.1 Å². The molecule has 0 aliphatic heterocycles. The summed E-state index contributed by atoms with van der Waals surface area (Å²) in [5, 5.41) is 16.2. The number of nitrogens with zero attached hydrogens (tertiary/aromatic N) is 4. The molecule has 1 heterocycles. The highest BCUT2D eigenvalue weighted by atomic mass is 35.5. The largest absolute Gasteiger partial charge is 0.342 e. The van der Waals surface area contributed by atoms with Crippen molar-refractivity contribution in [2.45, 2.75) is 18.1 Å². The van der Waals surface area contributed by atoms with Gasteiger partial charge in [0.1, 0.15) is 6.54 Å². The number of quaternary nitrogens is 1. The predicted octanol–water partition coefficient (Wildman–Crippen LogP) is 3.21. The van der Waals surface area contributed by atoms with Crippen LogP contribution in [-0.4, -0.2) is 32.5 Å². The number of hydrogen-bond acceptors (Lipinski definition) is 4. The second-order valence-electron chi connectivity index (χ2n) is 5.44. The smallest absolute Gasteiger partial charge is 0.214 e. The predicted molar refractivity (Wildman–Crippen MR) is 101 cm³/mol. The first-order valence-corrected chi connectivity index (χ1v) is 9.70. The Morgan fingerprint density at radius 1 is 1.04 bits per heavy atom. The monoisotopic (exact) mass is 394 g/mol. The molecule has 0 saturated heterocycles. The van der Waals surface area contributed by atoms with Gasteiger partial charge >= 0.3 is 0 Å². The zero-order valence-electron chi connectivity index (χ0n) is 13.5. The van der Waals surface area contributed by atoms with Gasteiger partial charge in [0.2, 0.25) is 5.16 Å². The molecule has 0 atom stereocenters. The van der Waals surface area contributed by atoms with Crippen molar-refractivity contribution in [2.24, 2.45) is 0 Å². The van der Waals surface area contributed by atoms with Gasteiger partial charge in [0, 0.05) is 17.7 Å². The summed E-state index contributed by atoms with van der Waals surface area (Å²) in [6.45, 7) is 1.92. The molecular formula is C17H18Cl2N5S+. The van der Waals surface area contributed by atoms with Crippen LogP contribution in [0.1, 0.15) is 12.0 Å². The van der Waals surface area contributed by atoms with E-state index in [9.17, 15) is 0 Å². The molecule has 0 bridgehead atoms. The molecule has 8 heteroatoms. The second-order valence-corrected chi connectivity index (χ2v) is 7.32. The summed E-state index contributed by atoms with van der Waals surface area (Å²) >= 11 is 13.6. The Labute approximate surface area is 160 Å². The topological polar surface area (TPSA) is 60.2 Å². The molecule has 2 N–H and O–H groups in total. The molecule has 25 heavy (non-hydrogen) atoms. The van der Waals surface area contributed by atoms with Crippen LogP contribution in [0.15, 0.2) is 53.7 Å². The molecule has 130 valence electrons. The Morgan fingerprint density at radius 2 is 1.88 bits per heavy atom. The number of thioether (sulfide) groups is 1. The Kier molecular flexibility index (Phi) is 6.69. The van der Waals surface area contributed by atoms with Crippen LogP contribution in [0.3, 0.4) is 0 Å². The minimum absolute atomic E-state index is 0.595. The number of nitrogens with two attached hydrogens (primary N) is 1. The number of aromatic nitrogens is 4. The lowest BCUT2D eigenvalue weighted by atomic mass is 10.2. The Balaban J connectivity index is 1.41. The van der Waals surface area contributed by atoms with Crippen LogP contribution in [0.4, 0.5) is 0 Å². The molecule has 3 rings (SSSR count). The summed E-state index contributed by atoms with van der Waals surface area (Å²) in [4.78, 5) is 0. The fourth-order valence-electron chi connectivity index (χ4n) is 2.33. The van der Waals surface area contributed by atoms with Gasteiger partial charge in [-0.05, 0) is 34.7 Å². The van der Waals surface area contributed by atoms with Crippen LogP contribution in [-0.2, 0) is 6.54 Å². The van der Waals surface area contributed by atoms with E-state index in [1.54, 1.807) is 16.4 Å². The van der Waals surface area contributed by atoms with E-state index < -0.39 is 0 Å². The molecule has 0 unspecified atom stereocenters. The first-order chi connectivity index (χ1) is 12.2. The van der Waals surface area contributed by atoms with Gasteiger partial charge in [-0.1, -0.05) is 59.2 Å². The summed E-state index contributed by atoms with van der Waals surface area (Å²) in [5.41, 5.74) is 2.15. The zero-order valence-corrected chi connectivity index (χ0v) is 15.8. The van der Waals surface area contributed by atoms with Crippen LogP contribution in [0.25, 0.3) is 5.69 Å². The highest BCUT2D eigenvalue weighted by Crippen LogP contribution is 2.22. The molecule has 5 nitrogen and oxygen atoms in total. The van der Waals surface area contributed by atoms with Crippen molar-refractivity contribution >= 4 is 35.0 Å². The van der Waals surface area contributed by atoms with E-state index in [-0.39, 0.29) is 0 Å². The van der Waals surface area contributed by atoms with E-state index in [1.807, 2.05) is 48.5 Å². The summed E-state index contributed by atoms with van der Waals surface area (Å²) in [6.07, 6.45) is 1.06. The molecule has 0 fully saturated rings. The number of tetrazole rings is 1. The number of halogens is 2. The molecule has 0 aliphatic rings. The first kappa shape index (κ1) is 18.2. The van der Waals surface area contributed by atoms with Gasteiger partial charge in [0.25, 0.3) is 0 Å². The van der Waals surface area contributed by atoms with Crippen molar-refractivity contribution in [3.05, 3.63) is 64.1 Å². The lowest BCUT2D eigenvalue weighted by Gasteiger charge is -2.05. The van der Waals surface area contributed by atoms with E-state index in [0.29, 0.717) is 10.0 Å². The van der Waals surface area contributed by atoms with Crippen molar-refractivity contribution in [1.29, 1.82) is 0 Å². The van der Waals surface area contributed by atoms with Crippen molar-refractivity contribution < 1.29 is 5.32 Å². The van der Waals surface area contributed by atoms with Crippen molar-refractivity contribution in [1.82, 2.24) is 20.2 Å². The lowest BCUT2D eigenvalue weighted by Crippen LogP contribution is -2.82. The van der Waals surface area contributed by atoms with Gasteiger partial charge in [0.05, 0.1) is 22.3 Å². The van der Waals surface area contributed by atoms with Gasteiger partial charge in [-0.2, -0.15) is 4.68 Å². The van der Waals surface area contributed by atoms with E-state index >= 15 is 0 Å². The number of hydrogen-bond donors (Lipinski definition) is 1. The van der Waals surface area contributed by atoms with E-state index in [4.69, 9.17) is 23.2 Å². The lowest BCUT2D eigenvalue weighted by molar-refractivity contribution is -0.670. The molecule has 1 aromatic heterocycles. The maximum Gasteiger partial charge on any atom is 0.214 e. The third-order valence-electron chi connectivity index (χ3n) is 3.59. The minimum Gasteiger partial charge on any atom is -0.342 e. The van der Waals surface area contributed by atoms with Crippen LogP contribution >= 0.6 is 35.0 Å². The van der Waals surface area contributed by atoms with Gasteiger partial charge in [0.15, 0.2) is 0 Å². The molecule has 0 aliphatic carbocycles. The second kappa shape index (κ2) is 9.20. The zero-order chi connectivity index (χ0) is 17.5. The fourth-order valence-corrected chi connectivity index (χ4v) is 3.50. The van der Waals surface area contributed by atoms with Gasteiger partial charge in [-0.3, -0.25) is 0 Å². The van der Waals surface area contributed by atoms with Crippen LogP contribution in [0.2, 0.25) is 10.0 Å². The Bertz CT molecular complexity index is 810. The first-order valence-electron chi connectivity index (χ1n) is 7.96. The van der Waals surface area contributed by atoms with Gasteiger partial charge < -0.3 is 5.32 Å². The third-order valence-corrected chi connectivity index (χ3v) is 5.33. The fraction of sp³-hybridized carbons (Fsp3) is 0.235. The van der Waals surface area contributed by atoms with E-state index in [2.05, 4.69) is 20.8 Å². The normalized spacial score (nSPS) is 11.0. The van der Waals surface area contributed by atoms with Crippen molar-refractivity contribution in [3.8, 4) is 5.69 Å². The molecule has 0 saturated carbocycles. The molecule has 0 spiro atoms. The summed E-state index contributed by atoms with van der Waals surface area (Å²) in [5.74, 6) is 0.963. The average molecular weight is 395 g/mol. The number of para-hydroxylation sites is 1. The molecule has 3 aromatic rings. The minimum atomic E-state index is 0.595. The Hall–Kier alpha value is -1.60. The SMILES string of the molecule is Clc1ccc(C[NH2+]CCCSc2nnnn2-c2ccccc2)cc1Cl. The van der Waals surface area contributed by atoms with Crippen molar-refractivity contribution in [2.75, 3.05) is 12.3 Å². The van der Waals surface area contributed by atoms with Crippen LogP contribution < -0.4 is 5.32 Å². The number of benzene rings is 2. The quantitative estimate of drug-likeness (QED) is 0.470. The van der Waals surface area contributed by atoms with Gasteiger partial charge in [-0.25, -0.2) is 0 Å². The Morgan fingerprint density at radius 3 is 2.68 bits per heavy atom. The molecule has 0 radical (unpaired) electrons. The maximum absolute atomic E-state index is 6.03. The van der Waals surface area contributed by atoms with E-state index in [1.165, 1.54) is 5.56 Å². The molecule has 2 aromatic carbocycles. The highest BCUT2D eigenvalue weighted by Gasteiger charge is 2.08. The summed E-state index contributed by atoms with van der Waals surface area (Å²) in [6, 6.07) is 15.7. The highest BCUT2D eigenvalue weighted by molar-refractivity contribution is 7.99. The average Bonchev–Trinajstić information content (AvgIpc) is 3.10. The third kappa shape index (κ3) is 5.19. The number of rotatable bonds is 8. The van der Waals surface area contributed by atoms with Crippen LogP contribution in [0.5, 0.6) is 0 Å². The molecular weight excluding hydrogens is 377 g/mol.